The minimum Gasteiger partial charge on any atom is -0.626 e. The van der Waals surface area contributed by atoms with Crippen molar-refractivity contribution < 1.29 is 10.2 Å². The van der Waals surface area contributed by atoms with Gasteiger partial charge in [0, 0.05) is 21.4 Å². The van der Waals surface area contributed by atoms with E-state index in [9.17, 15) is 15.4 Å². The average Bonchev–Trinajstić information content (AvgIpc) is 2.89. The third-order valence-corrected chi connectivity index (χ3v) is 8.27. The second-order valence-corrected chi connectivity index (χ2v) is 9.71. The summed E-state index contributed by atoms with van der Waals surface area (Å²) < 4.78 is 1.25. The topological polar surface area (TPSA) is 66.8 Å². The number of hydrogen-bond acceptors (Lipinski definition) is 4. The van der Waals surface area contributed by atoms with Gasteiger partial charge in [0.1, 0.15) is 17.8 Å². The van der Waals surface area contributed by atoms with Gasteiger partial charge in [0.2, 0.25) is 0 Å². The van der Waals surface area contributed by atoms with Crippen LogP contribution in [0.15, 0.2) is 21.1 Å². The molecule has 144 valence electrons. The van der Waals surface area contributed by atoms with Gasteiger partial charge < -0.3 is 25.0 Å². The van der Waals surface area contributed by atoms with Gasteiger partial charge in [-0.1, -0.05) is 19.3 Å². The van der Waals surface area contributed by atoms with Crippen LogP contribution in [0.1, 0.15) is 51.4 Å². The van der Waals surface area contributed by atoms with Gasteiger partial charge in [-0.3, -0.25) is 0 Å². The molecule has 1 heterocycles. The monoisotopic (exact) mass is 488 g/mol. The Morgan fingerprint density at radius 2 is 1.54 bits per heavy atom. The fourth-order valence-electron chi connectivity index (χ4n) is 5.04. The van der Waals surface area contributed by atoms with Gasteiger partial charge in [0.05, 0.1) is 12.1 Å². The van der Waals surface area contributed by atoms with Crippen LogP contribution in [-0.2, 0) is 0 Å². The molecule has 2 fully saturated rings. The van der Waals surface area contributed by atoms with E-state index in [2.05, 4.69) is 36.8 Å². The summed E-state index contributed by atoms with van der Waals surface area (Å²) in [5, 5.41) is 35.3. The highest BCUT2D eigenvalue weighted by Crippen LogP contribution is 2.50. The van der Waals surface area contributed by atoms with Crippen molar-refractivity contribution in [1.82, 2.24) is 4.65 Å². The molecule has 5 nitrogen and oxygen atoms in total. The zero-order valence-corrected chi connectivity index (χ0v) is 18.0. The predicted octanol–water partition coefficient (Wildman–Crippen LogP) is 4.40. The molecule has 1 aromatic rings. The van der Waals surface area contributed by atoms with Crippen molar-refractivity contribution in [2.45, 2.75) is 75.7 Å². The lowest BCUT2D eigenvalue weighted by atomic mass is 9.91. The zero-order chi connectivity index (χ0) is 18.5. The second-order valence-electron chi connectivity index (χ2n) is 8.00. The maximum Gasteiger partial charge on any atom is 0.159 e. The lowest BCUT2D eigenvalue weighted by Crippen LogP contribution is -2.60. The number of quaternary nitrogens is 1. The van der Waals surface area contributed by atoms with Crippen molar-refractivity contribution in [3.05, 3.63) is 26.3 Å². The molecule has 0 aromatic heterocycles. The zero-order valence-electron chi connectivity index (χ0n) is 14.8. The van der Waals surface area contributed by atoms with E-state index in [1.165, 1.54) is 0 Å². The molecule has 1 aliphatic heterocycles. The lowest BCUT2D eigenvalue weighted by molar-refractivity contribution is 0.0435. The molecule has 26 heavy (non-hydrogen) atoms. The maximum absolute atomic E-state index is 14.1. The standard InChI is InChI=1S/C19H26Br2N2O3/c20-12-9-15-17(10-13(12)21)23(26,16-6-2-4-8-19(16)25)11-22(15)14-5-1-3-7-18(14)24/h9-10,14,16,18-19,24-25H,1-8,11H2. The molecule has 0 saturated heterocycles. The molecule has 1 aromatic carbocycles. The predicted molar refractivity (Wildman–Crippen MR) is 111 cm³/mol. The van der Waals surface area contributed by atoms with E-state index in [1.54, 1.807) is 0 Å². The van der Waals surface area contributed by atoms with Crippen LogP contribution in [0.3, 0.4) is 0 Å². The molecule has 2 saturated carbocycles. The van der Waals surface area contributed by atoms with Crippen molar-refractivity contribution in [2.24, 2.45) is 0 Å². The first-order chi connectivity index (χ1) is 12.4. The fourth-order valence-corrected chi connectivity index (χ4v) is 5.70. The first-order valence-corrected chi connectivity index (χ1v) is 11.2. The van der Waals surface area contributed by atoms with E-state index >= 15 is 0 Å². The molecule has 0 amide bonds. The van der Waals surface area contributed by atoms with E-state index in [0.29, 0.717) is 12.1 Å². The highest BCUT2D eigenvalue weighted by atomic mass is 79.9. The largest absolute Gasteiger partial charge is 0.626 e. The average molecular weight is 490 g/mol. The first-order valence-electron chi connectivity index (χ1n) is 9.63. The summed E-state index contributed by atoms with van der Waals surface area (Å²) >= 11 is 7.11. The molecule has 2 N–H and O–H groups in total. The number of hydroxylamine groups is 2. The lowest BCUT2D eigenvalue weighted by Gasteiger charge is -2.49. The van der Waals surface area contributed by atoms with Crippen LogP contribution >= 0.6 is 31.9 Å². The van der Waals surface area contributed by atoms with Crippen LogP contribution in [-0.4, -0.2) is 41.2 Å². The second kappa shape index (κ2) is 7.33. The van der Waals surface area contributed by atoms with Crippen LogP contribution in [0.25, 0.3) is 0 Å². The van der Waals surface area contributed by atoms with Gasteiger partial charge in [0.25, 0.3) is 0 Å². The number of fused-ring (bicyclic) bond motifs is 1. The molecular formula is C19H26Br2N2O3. The number of aliphatic hydroxyl groups excluding tert-OH is 2. The highest BCUT2D eigenvalue weighted by molar-refractivity contribution is 9.13. The Morgan fingerprint density at radius 1 is 0.923 bits per heavy atom. The normalized spacial score (nSPS) is 37.7. The summed E-state index contributed by atoms with van der Waals surface area (Å²) in [7, 11) is 0. The van der Waals surface area contributed by atoms with Gasteiger partial charge in [0.15, 0.2) is 12.4 Å². The Morgan fingerprint density at radius 3 is 2.23 bits per heavy atom. The molecule has 0 spiro atoms. The number of hydrogen-bond donors (Lipinski definition) is 2. The molecule has 2 aliphatic carbocycles. The van der Waals surface area contributed by atoms with Crippen LogP contribution < -0.4 is 9.55 Å². The van der Waals surface area contributed by atoms with Crippen LogP contribution in [0.4, 0.5) is 11.4 Å². The third kappa shape index (κ3) is 3.14. The van der Waals surface area contributed by atoms with Gasteiger partial charge in [-0.05, 0) is 63.6 Å². The van der Waals surface area contributed by atoms with E-state index in [1.807, 2.05) is 12.1 Å². The molecular weight excluding hydrogens is 464 g/mol. The molecule has 0 radical (unpaired) electrons. The van der Waals surface area contributed by atoms with Crippen molar-refractivity contribution in [3.63, 3.8) is 0 Å². The fraction of sp³-hybridized carbons (Fsp3) is 0.684. The summed E-state index contributed by atoms with van der Waals surface area (Å²) in [6.07, 6.45) is 6.28. The third-order valence-electron chi connectivity index (χ3n) is 6.42. The van der Waals surface area contributed by atoms with Crippen molar-refractivity contribution >= 4 is 43.2 Å². The molecule has 7 heteroatoms. The van der Waals surface area contributed by atoms with Crippen molar-refractivity contribution in [3.8, 4) is 0 Å². The van der Waals surface area contributed by atoms with E-state index < -0.39 is 16.9 Å². The van der Waals surface area contributed by atoms with Crippen molar-refractivity contribution in [2.75, 3.05) is 11.6 Å². The van der Waals surface area contributed by atoms with Gasteiger partial charge in [-0.25, -0.2) is 0 Å². The number of anilines is 1. The van der Waals surface area contributed by atoms with Crippen molar-refractivity contribution in [1.29, 1.82) is 0 Å². The molecule has 3 aliphatic rings. The Labute approximate surface area is 171 Å². The van der Waals surface area contributed by atoms with E-state index in [0.717, 1.165) is 59.6 Å². The molecule has 0 bridgehead atoms. The van der Waals surface area contributed by atoms with Gasteiger partial charge >= 0.3 is 0 Å². The minimum atomic E-state index is -0.562. The Hall–Kier alpha value is -0.180. The van der Waals surface area contributed by atoms with Crippen LogP contribution in [0.5, 0.6) is 0 Å². The number of nitrogens with zero attached hydrogens (tertiary/aromatic N) is 2. The highest BCUT2D eigenvalue weighted by Gasteiger charge is 2.48. The summed E-state index contributed by atoms with van der Waals surface area (Å²) in [5.74, 6) is 0. The number of benzene rings is 1. The molecule has 4 rings (SSSR count). The first kappa shape index (κ1) is 19.2. The van der Waals surface area contributed by atoms with E-state index in [-0.39, 0.29) is 18.8 Å². The van der Waals surface area contributed by atoms with Gasteiger partial charge in [-0.15, -0.1) is 0 Å². The van der Waals surface area contributed by atoms with Crippen LogP contribution in [0, 0.1) is 5.21 Å². The SMILES string of the molecule is [O-][N+]1(C2CCCCC2O)CN(C2CCCCC2O)c2cc(Br)c(Br)cc21. The summed E-state index contributed by atoms with van der Waals surface area (Å²) in [4.78, 5) is 2.12. The Balaban J connectivity index is 1.77. The number of aliphatic hydroxyl groups is 2. The molecule has 5 unspecified atom stereocenters. The van der Waals surface area contributed by atoms with Crippen LogP contribution in [0.2, 0.25) is 0 Å². The number of rotatable bonds is 2. The Kier molecular flexibility index (Phi) is 5.40. The summed E-state index contributed by atoms with van der Waals surface area (Å²) in [6, 6.07) is 3.54. The van der Waals surface area contributed by atoms with E-state index in [4.69, 9.17) is 0 Å². The summed E-state index contributed by atoms with van der Waals surface area (Å²) in [5.41, 5.74) is 1.61. The smallest absolute Gasteiger partial charge is 0.159 e. The van der Waals surface area contributed by atoms with Gasteiger partial charge in [-0.2, -0.15) is 0 Å². The quantitative estimate of drug-likeness (QED) is 0.477. The summed E-state index contributed by atoms with van der Waals surface area (Å²) in [6.45, 7) is 0.279. The minimum absolute atomic E-state index is 0.0229. The number of halogens is 2. The Bertz CT molecular complexity index is 689. The maximum atomic E-state index is 14.1. The molecule has 5 atom stereocenters.